The highest BCUT2D eigenvalue weighted by Gasteiger charge is 2.21. The van der Waals surface area contributed by atoms with Gasteiger partial charge in [0.25, 0.3) is 5.56 Å². The Labute approximate surface area is 166 Å². The van der Waals surface area contributed by atoms with E-state index < -0.39 is 0 Å². The van der Waals surface area contributed by atoms with Crippen LogP contribution in [0.4, 0.5) is 0 Å². The maximum absolute atomic E-state index is 12.9. The third kappa shape index (κ3) is 3.36. The summed E-state index contributed by atoms with van der Waals surface area (Å²) in [6.45, 7) is 3.94. The second-order valence-corrected chi connectivity index (χ2v) is 9.21. The van der Waals surface area contributed by atoms with Crippen molar-refractivity contribution in [2.24, 2.45) is 7.05 Å². The monoisotopic (exact) mass is 398 g/mol. The van der Waals surface area contributed by atoms with E-state index in [1.165, 1.54) is 28.6 Å². The molecule has 2 aromatic heterocycles. The Morgan fingerprint density at radius 2 is 2.04 bits per heavy atom. The van der Waals surface area contributed by atoms with Gasteiger partial charge < -0.3 is 0 Å². The quantitative estimate of drug-likeness (QED) is 0.370. The lowest BCUT2D eigenvalue weighted by Crippen LogP contribution is -2.21. The van der Waals surface area contributed by atoms with Crippen molar-refractivity contribution >= 4 is 39.1 Å². The number of nitrogens with zero attached hydrogens (tertiary/aromatic N) is 2. The van der Waals surface area contributed by atoms with Crippen LogP contribution in [0, 0.1) is 13.8 Å². The first-order chi connectivity index (χ1) is 13.0. The van der Waals surface area contributed by atoms with Gasteiger partial charge in [0.2, 0.25) is 0 Å². The maximum atomic E-state index is 12.9. The van der Waals surface area contributed by atoms with Gasteiger partial charge in [-0.15, -0.1) is 11.3 Å². The van der Waals surface area contributed by atoms with E-state index in [1.807, 2.05) is 32.0 Å². The molecule has 1 aromatic carbocycles. The molecule has 0 amide bonds. The van der Waals surface area contributed by atoms with Crippen LogP contribution >= 0.6 is 23.1 Å². The first kappa shape index (κ1) is 18.4. The van der Waals surface area contributed by atoms with Gasteiger partial charge in [0.05, 0.1) is 11.1 Å². The van der Waals surface area contributed by atoms with Gasteiger partial charge in [-0.05, 0) is 56.7 Å². The van der Waals surface area contributed by atoms with Crippen molar-refractivity contribution < 1.29 is 4.79 Å². The summed E-state index contributed by atoms with van der Waals surface area (Å²) in [5.41, 5.74) is 4.03. The fraction of sp³-hybridized carbons (Fsp3) is 0.381. The molecular formula is C21H22N2O2S2. The number of hydrogen-bond acceptors (Lipinski definition) is 5. The molecule has 0 N–H and O–H groups in total. The van der Waals surface area contributed by atoms with Crippen LogP contribution in [0.1, 0.15) is 44.8 Å². The molecule has 2 heterocycles. The number of thiophene rings is 1. The lowest BCUT2D eigenvalue weighted by atomic mass is 9.97. The van der Waals surface area contributed by atoms with Crippen LogP contribution in [0.25, 0.3) is 10.2 Å². The molecule has 0 spiro atoms. The molecule has 3 aromatic rings. The zero-order valence-corrected chi connectivity index (χ0v) is 17.4. The van der Waals surface area contributed by atoms with Crippen molar-refractivity contribution in [1.29, 1.82) is 0 Å². The second kappa shape index (κ2) is 7.24. The molecule has 0 bridgehead atoms. The van der Waals surface area contributed by atoms with E-state index in [4.69, 9.17) is 4.98 Å². The molecule has 6 heteroatoms. The van der Waals surface area contributed by atoms with Crippen molar-refractivity contribution in [1.82, 2.24) is 9.55 Å². The fourth-order valence-corrected chi connectivity index (χ4v) is 5.80. The number of rotatable bonds is 4. The Hall–Kier alpha value is -1.92. The van der Waals surface area contributed by atoms with E-state index >= 15 is 0 Å². The van der Waals surface area contributed by atoms with Gasteiger partial charge in [-0.25, -0.2) is 4.98 Å². The van der Waals surface area contributed by atoms with E-state index in [9.17, 15) is 9.59 Å². The lowest BCUT2D eigenvalue weighted by molar-refractivity contribution is 0.102. The number of Topliss-reactive ketones (excluding diaryl/α,β-unsaturated/α-hetero) is 1. The smallest absolute Gasteiger partial charge is 0.262 e. The number of aromatic nitrogens is 2. The minimum atomic E-state index is 0.0149. The molecule has 1 aliphatic carbocycles. The molecule has 140 valence electrons. The number of benzene rings is 1. The van der Waals surface area contributed by atoms with Gasteiger partial charge in [0.15, 0.2) is 10.9 Å². The highest BCUT2D eigenvalue weighted by Crippen LogP contribution is 2.34. The number of hydrogen-bond donors (Lipinski definition) is 0. The average Bonchev–Trinajstić information content (AvgIpc) is 3.03. The fourth-order valence-electron chi connectivity index (χ4n) is 3.64. The summed E-state index contributed by atoms with van der Waals surface area (Å²) in [6, 6.07) is 5.92. The molecule has 4 rings (SSSR count). The summed E-state index contributed by atoms with van der Waals surface area (Å²) in [5.74, 6) is 0.349. The van der Waals surface area contributed by atoms with E-state index in [0.29, 0.717) is 5.16 Å². The highest BCUT2D eigenvalue weighted by atomic mass is 32.2. The second-order valence-electron chi connectivity index (χ2n) is 7.18. The molecule has 0 saturated carbocycles. The molecule has 0 saturated heterocycles. The zero-order valence-electron chi connectivity index (χ0n) is 15.8. The summed E-state index contributed by atoms with van der Waals surface area (Å²) in [7, 11) is 1.76. The van der Waals surface area contributed by atoms with Crippen molar-refractivity contribution in [2.45, 2.75) is 44.7 Å². The van der Waals surface area contributed by atoms with Crippen molar-refractivity contribution in [3.63, 3.8) is 0 Å². The van der Waals surface area contributed by atoms with Crippen LogP contribution in [-0.2, 0) is 19.9 Å². The first-order valence-electron chi connectivity index (χ1n) is 9.20. The summed E-state index contributed by atoms with van der Waals surface area (Å²) < 4.78 is 1.60. The molecular weight excluding hydrogens is 376 g/mol. The Kier molecular flexibility index (Phi) is 4.95. The van der Waals surface area contributed by atoms with Gasteiger partial charge in [0.1, 0.15) is 4.83 Å². The van der Waals surface area contributed by atoms with E-state index in [2.05, 4.69) is 0 Å². The normalized spacial score (nSPS) is 13.7. The summed E-state index contributed by atoms with van der Waals surface area (Å²) in [6.07, 6.45) is 4.35. The molecule has 0 radical (unpaired) electrons. The van der Waals surface area contributed by atoms with Crippen LogP contribution in [0.5, 0.6) is 0 Å². The minimum Gasteiger partial charge on any atom is -0.293 e. The van der Waals surface area contributed by atoms with Crippen LogP contribution in [0.2, 0.25) is 0 Å². The number of carbonyl (C=O) groups excluding carboxylic acids is 1. The van der Waals surface area contributed by atoms with Gasteiger partial charge in [0, 0.05) is 17.5 Å². The Balaban J connectivity index is 1.64. The number of carbonyl (C=O) groups is 1. The molecule has 0 unspecified atom stereocenters. The predicted molar refractivity (Wildman–Crippen MR) is 112 cm³/mol. The lowest BCUT2D eigenvalue weighted by Gasteiger charge is -2.11. The number of ketones is 1. The molecule has 0 aliphatic heterocycles. The first-order valence-corrected chi connectivity index (χ1v) is 11.0. The van der Waals surface area contributed by atoms with E-state index in [0.717, 1.165) is 46.2 Å². The molecule has 0 fully saturated rings. The molecule has 27 heavy (non-hydrogen) atoms. The Morgan fingerprint density at radius 1 is 1.26 bits per heavy atom. The maximum Gasteiger partial charge on any atom is 0.262 e. The van der Waals surface area contributed by atoms with E-state index in [-0.39, 0.29) is 17.1 Å². The van der Waals surface area contributed by atoms with Crippen molar-refractivity contribution in [3.05, 3.63) is 55.7 Å². The Bertz CT molecular complexity index is 1110. The van der Waals surface area contributed by atoms with Crippen LogP contribution < -0.4 is 5.56 Å². The Morgan fingerprint density at radius 3 is 2.85 bits per heavy atom. The zero-order chi connectivity index (χ0) is 19.1. The molecule has 0 atom stereocenters. The van der Waals surface area contributed by atoms with Gasteiger partial charge in [-0.2, -0.15) is 0 Å². The van der Waals surface area contributed by atoms with Crippen molar-refractivity contribution in [2.75, 3.05) is 5.75 Å². The topological polar surface area (TPSA) is 52.0 Å². The van der Waals surface area contributed by atoms with E-state index in [1.54, 1.807) is 23.0 Å². The van der Waals surface area contributed by atoms with Gasteiger partial charge in [-0.3, -0.25) is 14.2 Å². The SMILES string of the molecule is Cc1ccc(C)c(C(=O)CSc2nc3sc4c(c3c(=O)n2C)CCCC4)c1. The standard InChI is InChI=1S/C21H22N2O2S2/c1-12-8-9-13(2)15(10-12)16(24)11-26-21-22-19-18(20(25)23(21)3)14-6-4-5-7-17(14)27-19/h8-10H,4-7,11H2,1-3H3. The summed E-state index contributed by atoms with van der Waals surface area (Å²) in [4.78, 5) is 32.5. The van der Waals surface area contributed by atoms with Gasteiger partial charge >= 0.3 is 0 Å². The number of aryl methyl sites for hydroxylation is 4. The number of fused-ring (bicyclic) bond motifs is 3. The third-order valence-corrected chi connectivity index (χ3v) is 7.40. The van der Waals surface area contributed by atoms with Crippen LogP contribution in [0.15, 0.2) is 28.2 Å². The predicted octanol–water partition coefficient (Wildman–Crippen LogP) is 4.47. The van der Waals surface area contributed by atoms with Crippen LogP contribution in [0.3, 0.4) is 0 Å². The van der Waals surface area contributed by atoms with Crippen LogP contribution in [-0.4, -0.2) is 21.1 Å². The van der Waals surface area contributed by atoms with Crippen molar-refractivity contribution in [3.8, 4) is 0 Å². The average molecular weight is 399 g/mol. The largest absolute Gasteiger partial charge is 0.293 e. The molecule has 1 aliphatic rings. The summed E-state index contributed by atoms with van der Waals surface area (Å²) >= 11 is 3.00. The third-order valence-electron chi connectivity index (χ3n) is 5.18. The van der Waals surface area contributed by atoms with Gasteiger partial charge in [-0.1, -0.05) is 29.5 Å². The number of thioether (sulfide) groups is 1. The summed E-state index contributed by atoms with van der Waals surface area (Å²) in [5, 5.41) is 1.41. The minimum absolute atomic E-state index is 0.0149. The highest BCUT2D eigenvalue weighted by molar-refractivity contribution is 7.99. The molecule has 4 nitrogen and oxygen atoms in total.